The Kier molecular flexibility index (Phi) is 3.43. The predicted octanol–water partition coefficient (Wildman–Crippen LogP) is 5.34. The van der Waals surface area contributed by atoms with Crippen LogP contribution in [0.3, 0.4) is 0 Å². The van der Waals surface area contributed by atoms with Gasteiger partial charge in [0, 0.05) is 5.56 Å². The zero-order valence-corrected chi connectivity index (χ0v) is 13.2. The smallest absolute Gasteiger partial charge is 0.0633 e. The lowest BCUT2D eigenvalue weighted by Gasteiger charge is -2.16. The summed E-state index contributed by atoms with van der Waals surface area (Å²) in [4.78, 5) is 0. The number of rotatable bonds is 2. The van der Waals surface area contributed by atoms with E-state index in [1.165, 1.54) is 16.3 Å². The minimum Gasteiger partial charge on any atom is -0.397 e. The van der Waals surface area contributed by atoms with Gasteiger partial charge in [-0.05, 0) is 33.5 Å². The number of hydrogen-bond acceptors (Lipinski definition) is 2. The second-order valence-corrected chi connectivity index (χ2v) is 5.88. The molecule has 0 saturated heterocycles. The normalized spacial score (nSPS) is 10.8. The van der Waals surface area contributed by atoms with Gasteiger partial charge in [-0.25, -0.2) is 0 Å². The standard InChI is InChI=1S/C22H18N2/c23-20-14-13-19(21(22(20)24)16-8-2-1-3-9-16)18-12-6-10-15-7-4-5-11-17(15)18/h1-14H,23-24H2. The molecule has 2 nitrogen and oxygen atoms in total. The number of hydrogen-bond donors (Lipinski definition) is 2. The van der Waals surface area contributed by atoms with Crippen LogP contribution in [-0.4, -0.2) is 0 Å². The number of fused-ring (bicyclic) bond motifs is 1. The summed E-state index contributed by atoms with van der Waals surface area (Å²) in [6, 6.07) is 28.9. The van der Waals surface area contributed by atoms with Gasteiger partial charge < -0.3 is 11.5 Å². The van der Waals surface area contributed by atoms with Gasteiger partial charge in [-0.2, -0.15) is 0 Å². The number of anilines is 2. The number of nitrogen functional groups attached to an aromatic ring is 2. The molecule has 0 aliphatic carbocycles. The topological polar surface area (TPSA) is 52.0 Å². The van der Waals surface area contributed by atoms with Gasteiger partial charge in [0.05, 0.1) is 11.4 Å². The lowest BCUT2D eigenvalue weighted by Crippen LogP contribution is -1.99. The van der Waals surface area contributed by atoms with E-state index in [9.17, 15) is 0 Å². The molecule has 0 radical (unpaired) electrons. The molecule has 0 unspecified atom stereocenters. The fourth-order valence-corrected chi connectivity index (χ4v) is 3.24. The highest BCUT2D eigenvalue weighted by molar-refractivity contribution is 6.04. The lowest BCUT2D eigenvalue weighted by atomic mass is 9.90. The molecule has 116 valence electrons. The first-order valence-electron chi connectivity index (χ1n) is 7.97. The minimum atomic E-state index is 0.609. The van der Waals surface area contributed by atoms with Gasteiger partial charge in [0.2, 0.25) is 0 Å². The molecule has 0 aliphatic rings. The second kappa shape index (κ2) is 5.74. The third-order valence-corrected chi connectivity index (χ3v) is 4.42. The van der Waals surface area contributed by atoms with E-state index >= 15 is 0 Å². The largest absolute Gasteiger partial charge is 0.397 e. The molecule has 0 fully saturated rings. The van der Waals surface area contributed by atoms with Gasteiger partial charge in [-0.15, -0.1) is 0 Å². The van der Waals surface area contributed by atoms with E-state index < -0.39 is 0 Å². The molecular weight excluding hydrogens is 292 g/mol. The minimum absolute atomic E-state index is 0.609. The molecule has 24 heavy (non-hydrogen) atoms. The highest BCUT2D eigenvalue weighted by Gasteiger charge is 2.14. The van der Waals surface area contributed by atoms with Crippen molar-refractivity contribution in [1.82, 2.24) is 0 Å². The van der Waals surface area contributed by atoms with E-state index in [4.69, 9.17) is 11.5 Å². The fraction of sp³-hybridized carbons (Fsp3) is 0. The maximum Gasteiger partial charge on any atom is 0.0633 e. The van der Waals surface area contributed by atoms with Crippen molar-refractivity contribution in [2.75, 3.05) is 11.5 Å². The van der Waals surface area contributed by atoms with Crippen LogP contribution in [0.4, 0.5) is 11.4 Å². The van der Waals surface area contributed by atoms with Crippen molar-refractivity contribution in [3.05, 3.63) is 84.9 Å². The molecule has 4 aromatic carbocycles. The van der Waals surface area contributed by atoms with Crippen LogP contribution in [0.1, 0.15) is 0 Å². The third kappa shape index (κ3) is 2.29. The first-order chi connectivity index (χ1) is 11.8. The average Bonchev–Trinajstić information content (AvgIpc) is 2.64. The highest BCUT2D eigenvalue weighted by atomic mass is 14.7. The van der Waals surface area contributed by atoms with Gasteiger partial charge in [0.25, 0.3) is 0 Å². The van der Waals surface area contributed by atoms with E-state index in [1.807, 2.05) is 24.3 Å². The first-order valence-corrected chi connectivity index (χ1v) is 7.97. The third-order valence-electron chi connectivity index (χ3n) is 4.42. The SMILES string of the molecule is Nc1ccc(-c2cccc3ccccc23)c(-c2ccccc2)c1N. The van der Waals surface area contributed by atoms with Crippen molar-refractivity contribution in [3.63, 3.8) is 0 Å². The first kappa shape index (κ1) is 14.3. The molecule has 4 aromatic rings. The summed E-state index contributed by atoms with van der Waals surface area (Å²) in [5.41, 5.74) is 18.0. The zero-order valence-electron chi connectivity index (χ0n) is 13.2. The van der Waals surface area contributed by atoms with Gasteiger partial charge in [0.15, 0.2) is 0 Å². The summed E-state index contributed by atoms with van der Waals surface area (Å²) in [7, 11) is 0. The molecule has 4 rings (SSSR count). The summed E-state index contributed by atoms with van der Waals surface area (Å²) in [6.45, 7) is 0. The Morgan fingerprint density at radius 3 is 2.08 bits per heavy atom. The zero-order chi connectivity index (χ0) is 16.5. The Bertz CT molecular complexity index is 1020. The van der Waals surface area contributed by atoms with Crippen molar-refractivity contribution in [1.29, 1.82) is 0 Å². The molecule has 0 saturated carbocycles. The van der Waals surface area contributed by atoms with E-state index in [0.717, 1.165) is 16.7 Å². The van der Waals surface area contributed by atoms with Crippen LogP contribution >= 0.6 is 0 Å². The van der Waals surface area contributed by atoms with Gasteiger partial charge >= 0.3 is 0 Å². The Labute approximate surface area is 141 Å². The van der Waals surface area contributed by atoms with Crippen LogP contribution in [-0.2, 0) is 0 Å². The van der Waals surface area contributed by atoms with Gasteiger partial charge in [0.1, 0.15) is 0 Å². The molecule has 0 spiro atoms. The molecule has 2 heteroatoms. The van der Waals surface area contributed by atoms with Crippen molar-refractivity contribution < 1.29 is 0 Å². The van der Waals surface area contributed by atoms with Crippen LogP contribution in [0.25, 0.3) is 33.0 Å². The van der Waals surface area contributed by atoms with E-state index in [0.29, 0.717) is 11.4 Å². The lowest BCUT2D eigenvalue weighted by molar-refractivity contribution is 1.58. The van der Waals surface area contributed by atoms with Crippen molar-refractivity contribution in [2.45, 2.75) is 0 Å². The van der Waals surface area contributed by atoms with Crippen LogP contribution in [0, 0.1) is 0 Å². The van der Waals surface area contributed by atoms with Crippen LogP contribution in [0.2, 0.25) is 0 Å². The fourth-order valence-electron chi connectivity index (χ4n) is 3.24. The van der Waals surface area contributed by atoms with E-state index in [2.05, 4.69) is 60.7 Å². The van der Waals surface area contributed by atoms with Crippen LogP contribution in [0.5, 0.6) is 0 Å². The monoisotopic (exact) mass is 310 g/mol. The molecule has 0 aliphatic heterocycles. The molecule has 0 aromatic heterocycles. The van der Waals surface area contributed by atoms with Gasteiger partial charge in [-0.1, -0.05) is 78.9 Å². The molecule has 4 N–H and O–H groups in total. The highest BCUT2D eigenvalue weighted by Crippen LogP contribution is 2.41. The quantitative estimate of drug-likeness (QED) is 0.491. The summed E-state index contributed by atoms with van der Waals surface area (Å²) >= 11 is 0. The second-order valence-electron chi connectivity index (χ2n) is 5.88. The Morgan fingerprint density at radius 2 is 1.25 bits per heavy atom. The van der Waals surface area contributed by atoms with Gasteiger partial charge in [-0.3, -0.25) is 0 Å². The van der Waals surface area contributed by atoms with Crippen molar-refractivity contribution in [2.24, 2.45) is 0 Å². The Morgan fingerprint density at radius 1 is 0.542 bits per heavy atom. The molecular formula is C22H18N2. The van der Waals surface area contributed by atoms with Crippen molar-refractivity contribution >= 4 is 22.1 Å². The summed E-state index contributed by atoms with van der Waals surface area (Å²) in [5, 5.41) is 2.42. The molecule has 0 bridgehead atoms. The number of benzene rings is 4. The van der Waals surface area contributed by atoms with Crippen LogP contribution < -0.4 is 11.5 Å². The van der Waals surface area contributed by atoms with Crippen molar-refractivity contribution in [3.8, 4) is 22.3 Å². The van der Waals surface area contributed by atoms with Crippen LogP contribution in [0.15, 0.2) is 84.9 Å². The Hall–Kier alpha value is -3.26. The summed E-state index contributed by atoms with van der Waals surface area (Å²) < 4.78 is 0. The maximum absolute atomic E-state index is 6.37. The molecule has 0 amide bonds. The average molecular weight is 310 g/mol. The molecule has 0 atom stereocenters. The predicted molar refractivity (Wildman–Crippen MR) is 104 cm³/mol. The summed E-state index contributed by atoms with van der Waals surface area (Å²) in [5.74, 6) is 0. The number of nitrogens with two attached hydrogens (primary N) is 2. The Balaban J connectivity index is 2.08. The maximum atomic E-state index is 6.37. The summed E-state index contributed by atoms with van der Waals surface area (Å²) in [6.07, 6.45) is 0. The molecule has 0 heterocycles. The van der Waals surface area contributed by atoms with E-state index in [1.54, 1.807) is 0 Å². The van der Waals surface area contributed by atoms with E-state index in [-0.39, 0.29) is 0 Å².